The average molecular weight is 413 g/mol. The lowest BCUT2D eigenvalue weighted by Crippen LogP contribution is -2.42. The van der Waals surface area contributed by atoms with Gasteiger partial charge in [-0.1, -0.05) is 18.2 Å². The summed E-state index contributed by atoms with van der Waals surface area (Å²) in [6.45, 7) is 3.33. The molecule has 0 N–H and O–H groups in total. The van der Waals surface area contributed by atoms with E-state index < -0.39 is 20.8 Å². The normalized spacial score (nSPS) is 17.7. The summed E-state index contributed by atoms with van der Waals surface area (Å²) >= 11 is 0. The Hall–Kier alpha value is -2.87. The molecule has 0 unspecified atom stereocenters. The van der Waals surface area contributed by atoms with Crippen LogP contribution in [0, 0.1) is 6.92 Å². The van der Waals surface area contributed by atoms with Crippen LogP contribution in [0.25, 0.3) is 0 Å². The highest BCUT2D eigenvalue weighted by molar-refractivity contribution is 8.08. The quantitative estimate of drug-likeness (QED) is 0.770. The SMILES string of the molecule is COc1cccc(CN2N=C(C(=O)N3CCCC3)S(=O)(=O)c3ccc(C)cc32)c1. The predicted octanol–water partition coefficient (Wildman–Crippen LogP) is 2.73. The molecule has 2 aliphatic rings. The van der Waals surface area contributed by atoms with E-state index in [0.717, 1.165) is 24.0 Å². The van der Waals surface area contributed by atoms with Gasteiger partial charge >= 0.3 is 0 Å². The van der Waals surface area contributed by atoms with E-state index in [0.29, 0.717) is 31.1 Å². The third kappa shape index (κ3) is 3.60. The number of ether oxygens (including phenoxy) is 1. The molecule has 1 saturated heterocycles. The molecule has 0 atom stereocenters. The first-order chi connectivity index (χ1) is 13.9. The smallest absolute Gasteiger partial charge is 0.286 e. The standard InChI is InChI=1S/C21H23N3O4S/c1-15-8-9-19-18(12-15)24(14-16-6-5-7-17(13-16)28-2)22-20(29(19,26)27)21(25)23-10-3-4-11-23/h5-9,12-13H,3-4,10-11,14H2,1-2H3. The molecule has 0 spiro atoms. The first-order valence-corrected chi connectivity index (χ1v) is 11.0. The average Bonchev–Trinajstić information content (AvgIpc) is 3.24. The van der Waals surface area contributed by atoms with E-state index in [1.165, 1.54) is 0 Å². The maximum Gasteiger partial charge on any atom is 0.286 e. The van der Waals surface area contributed by atoms with Crippen molar-refractivity contribution in [3.63, 3.8) is 0 Å². The van der Waals surface area contributed by atoms with Crippen LogP contribution in [0.5, 0.6) is 5.75 Å². The molecule has 2 aliphatic heterocycles. The summed E-state index contributed by atoms with van der Waals surface area (Å²) in [7, 11) is -2.39. The Labute approximate surface area is 170 Å². The molecule has 2 aromatic carbocycles. The number of rotatable bonds is 4. The topological polar surface area (TPSA) is 79.3 Å². The minimum absolute atomic E-state index is 0.114. The Morgan fingerprint density at radius 3 is 2.62 bits per heavy atom. The van der Waals surface area contributed by atoms with E-state index in [2.05, 4.69) is 5.10 Å². The van der Waals surface area contributed by atoms with Crippen molar-refractivity contribution in [3.05, 3.63) is 53.6 Å². The number of benzene rings is 2. The van der Waals surface area contributed by atoms with Gasteiger partial charge in [0.2, 0.25) is 14.9 Å². The molecule has 0 aromatic heterocycles. The summed E-state index contributed by atoms with van der Waals surface area (Å²) in [4.78, 5) is 14.6. The Kier molecular flexibility index (Phi) is 5.04. The lowest BCUT2D eigenvalue weighted by Gasteiger charge is -2.29. The van der Waals surface area contributed by atoms with Gasteiger partial charge in [0, 0.05) is 13.1 Å². The number of sulfone groups is 1. The fraction of sp³-hybridized carbons (Fsp3) is 0.333. The molecule has 8 heteroatoms. The number of hydrazone groups is 1. The molecule has 152 valence electrons. The first-order valence-electron chi connectivity index (χ1n) is 9.54. The van der Waals surface area contributed by atoms with Crippen LogP contribution in [0.1, 0.15) is 24.0 Å². The minimum atomic E-state index is -3.98. The summed E-state index contributed by atoms with van der Waals surface area (Å²) in [6, 6.07) is 12.6. The fourth-order valence-electron chi connectivity index (χ4n) is 3.66. The summed E-state index contributed by atoms with van der Waals surface area (Å²) in [5.74, 6) is 0.179. The molecule has 2 heterocycles. The van der Waals surface area contributed by atoms with Crippen LogP contribution >= 0.6 is 0 Å². The largest absolute Gasteiger partial charge is 0.497 e. The first kappa shape index (κ1) is 19.4. The molecule has 0 radical (unpaired) electrons. The molecule has 29 heavy (non-hydrogen) atoms. The summed E-state index contributed by atoms with van der Waals surface area (Å²) in [5, 5.41) is 5.54. The van der Waals surface area contributed by atoms with Crippen molar-refractivity contribution in [3.8, 4) is 5.75 Å². The van der Waals surface area contributed by atoms with Gasteiger partial charge in [-0.15, -0.1) is 0 Å². The summed E-state index contributed by atoms with van der Waals surface area (Å²) < 4.78 is 31.7. The molecule has 7 nitrogen and oxygen atoms in total. The highest BCUT2D eigenvalue weighted by Crippen LogP contribution is 2.34. The van der Waals surface area contributed by atoms with Crippen molar-refractivity contribution in [2.45, 2.75) is 31.2 Å². The van der Waals surface area contributed by atoms with Gasteiger partial charge in [0.25, 0.3) is 5.91 Å². The van der Waals surface area contributed by atoms with Crippen molar-refractivity contribution < 1.29 is 17.9 Å². The maximum atomic E-state index is 13.2. The number of amides is 1. The van der Waals surface area contributed by atoms with Crippen molar-refractivity contribution in [2.24, 2.45) is 5.10 Å². The van der Waals surface area contributed by atoms with Gasteiger partial charge in [-0.3, -0.25) is 9.80 Å². The Bertz CT molecular complexity index is 1090. The van der Waals surface area contributed by atoms with E-state index in [9.17, 15) is 13.2 Å². The Balaban J connectivity index is 1.79. The number of carbonyl (C=O) groups excluding carboxylic acids is 1. The molecule has 0 aliphatic carbocycles. The lowest BCUT2D eigenvalue weighted by atomic mass is 10.2. The molecular formula is C21H23N3O4S. The van der Waals surface area contributed by atoms with E-state index in [-0.39, 0.29) is 4.90 Å². The van der Waals surface area contributed by atoms with Gasteiger partial charge in [0.15, 0.2) is 0 Å². The molecule has 0 bridgehead atoms. The number of fused-ring (bicyclic) bond motifs is 1. The van der Waals surface area contributed by atoms with Gasteiger partial charge in [0.05, 0.1) is 24.2 Å². The van der Waals surface area contributed by atoms with Crippen LogP contribution in [-0.4, -0.2) is 44.5 Å². The van der Waals surface area contributed by atoms with Crippen LogP contribution in [0.2, 0.25) is 0 Å². The number of hydrogen-bond donors (Lipinski definition) is 0. The van der Waals surface area contributed by atoms with Crippen molar-refractivity contribution in [2.75, 3.05) is 25.2 Å². The molecule has 2 aromatic rings. The number of likely N-dealkylation sites (tertiary alicyclic amines) is 1. The van der Waals surface area contributed by atoms with Crippen LogP contribution in [-0.2, 0) is 21.2 Å². The molecule has 4 rings (SSSR count). The summed E-state index contributed by atoms with van der Waals surface area (Å²) in [5.41, 5.74) is 2.29. The van der Waals surface area contributed by atoms with Crippen LogP contribution in [0.15, 0.2) is 52.5 Å². The van der Waals surface area contributed by atoms with Crippen LogP contribution in [0.3, 0.4) is 0 Å². The highest BCUT2D eigenvalue weighted by Gasteiger charge is 2.39. The zero-order valence-corrected chi connectivity index (χ0v) is 17.3. The number of aryl methyl sites for hydroxylation is 1. The van der Waals surface area contributed by atoms with Gasteiger partial charge in [-0.2, -0.15) is 5.10 Å². The fourth-order valence-corrected chi connectivity index (χ4v) is 5.12. The second-order valence-corrected chi connectivity index (χ2v) is 9.12. The second-order valence-electron chi connectivity index (χ2n) is 7.29. The van der Waals surface area contributed by atoms with Crippen molar-refractivity contribution >= 4 is 26.5 Å². The van der Waals surface area contributed by atoms with Crippen molar-refractivity contribution in [1.82, 2.24) is 4.90 Å². The maximum absolute atomic E-state index is 13.2. The number of carbonyl (C=O) groups is 1. The number of hydrogen-bond acceptors (Lipinski definition) is 6. The van der Waals surface area contributed by atoms with E-state index in [4.69, 9.17) is 4.74 Å². The number of nitrogens with zero attached hydrogens (tertiary/aromatic N) is 3. The van der Waals surface area contributed by atoms with Crippen LogP contribution in [0.4, 0.5) is 5.69 Å². The van der Waals surface area contributed by atoms with E-state index in [1.807, 2.05) is 31.2 Å². The summed E-state index contributed by atoms with van der Waals surface area (Å²) in [6.07, 6.45) is 1.75. The monoisotopic (exact) mass is 413 g/mol. The third-order valence-corrected chi connectivity index (χ3v) is 6.88. The van der Waals surface area contributed by atoms with Crippen molar-refractivity contribution in [1.29, 1.82) is 0 Å². The Morgan fingerprint density at radius 1 is 1.14 bits per heavy atom. The zero-order chi connectivity index (χ0) is 20.6. The zero-order valence-electron chi connectivity index (χ0n) is 16.5. The number of methoxy groups -OCH3 is 1. The minimum Gasteiger partial charge on any atom is -0.497 e. The van der Waals surface area contributed by atoms with Gasteiger partial charge < -0.3 is 9.64 Å². The number of anilines is 1. The lowest BCUT2D eigenvalue weighted by molar-refractivity contribution is -0.122. The Morgan fingerprint density at radius 2 is 1.90 bits per heavy atom. The molecule has 0 saturated carbocycles. The van der Waals surface area contributed by atoms with E-state index in [1.54, 1.807) is 35.2 Å². The third-order valence-electron chi connectivity index (χ3n) is 5.19. The highest BCUT2D eigenvalue weighted by atomic mass is 32.2. The van der Waals surface area contributed by atoms with E-state index >= 15 is 0 Å². The van der Waals surface area contributed by atoms with Crippen LogP contribution < -0.4 is 9.75 Å². The van der Waals surface area contributed by atoms with Gasteiger partial charge in [-0.25, -0.2) is 8.42 Å². The van der Waals surface area contributed by atoms with Gasteiger partial charge in [-0.05, 0) is 55.2 Å². The molecule has 1 amide bonds. The van der Waals surface area contributed by atoms with Gasteiger partial charge in [0.1, 0.15) is 5.75 Å². The molecule has 1 fully saturated rings. The predicted molar refractivity (Wildman–Crippen MR) is 111 cm³/mol. The second kappa shape index (κ2) is 7.51. The molecular weight excluding hydrogens is 390 g/mol.